The molecule has 126 valence electrons. The Hall–Kier alpha value is -1.26. The van der Waals surface area contributed by atoms with Gasteiger partial charge in [0, 0.05) is 26.0 Å². The van der Waals surface area contributed by atoms with E-state index in [0.717, 1.165) is 15.9 Å². The smallest absolute Gasteiger partial charge is 0.295 e. The summed E-state index contributed by atoms with van der Waals surface area (Å²) in [5, 5.41) is 0. The molecular formula is C13H15F2N3O3S2. The van der Waals surface area contributed by atoms with Crippen molar-refractivity contribution in [1.82, 2.24) is 14.5 Å². The SMILES string of the molecule is CS(=O)c1nc2c(=O)n(CC3CCOCC3)c(C(F)F)nc2s1. The van der Waals surface area contributed by atoms with Crippen molar-refractivity contribution in [3.8, 4) is 0 Å². The Morgan fingerprint density at radius 1 is 1.39 bits per heavy atom. The third kappa shape index (κ3) is 3.33. The lowest BCUT2D eigenvalue weighted by Gasteiger charge is -2.23. The van der Waals surface area contributed by atoms with Crippen LogP contribution in [-0.4, -0.2) is 38.2 Å². The summed E-state index contributed by atoms with van der Waals surface area (Å²) in [5.41, 5.74) is -0.582. The van der Waals surface area contributed by atoms with Crippen molar-refractivity contribution in [3.63, 3.8) is 0 Å². The fourth-order valence-electron chi connectivity index (χ4n) is 2.56. The van der Waals surface area contributed by atoms with Gasteiger partial charge in [0.05, 0.1) is 10.8 Å². The highest BCUT2D eigenvalue weighted by atomic mass is 32.2. The predicted molar refractivity (Wildman–Crippen MR) is 82.5 cm³/mol. The second-order valence-corrected chi connectivity index (χ2v) is 7.86. The summed E-state index contributed by atoms with van der Waals surface area (Å²) >= 11 is 0.917. The number of rotatable bonds is 4. The quantitative estimate of drug-likeness (QED) is 0.830. The van der Waals surface area contributed by atoms with E-state index >= 15 is 0 Å². The molecule has 1 saturated heterocycles. The third-order valence-corrected chi connectivity index (χ3v) is 6.03. The minimum absolute atomic E-state index is 0.0108. The zero-order valence-electron chi connectivity index (χ0n) is 12.3. The fraction of sp³-hybridized carbons (Fsp3) is 0.615. The van der Waals surface area contributed by atoms with E-state index in [-0.39, 0.29) is 27.1 Å². The second kappa shape index (κ2) is 6.70. The molecule has 0 radical (unpaired) electrons. The van der Waals surface area contributed by atoms with Crippen molar-refractivity contribution in [2.75, 3.05) is 19.5 Å². The number of thiazole rings is 1. The Morgan fingerprint density at radius 2 is 2.09 bits per heavy atom. The molecule has 2 aromatic rings. The van der Waals surface area contributed by atoms with Crippen LogP contribution in [0.4, 0.5) is 8.78 Å². The summed E-state index contributed by atoms with van der Waals surface area (Å²) < 4.78 is 44.7. The molecule has 0 amide bonds. The van der Waals surface area contributed by atoms with Gasteiger partial charge in [-0.2, -0.15) is 0 Å². The van der Waals surface area contributed by atoms with E-state index < -0.39 is 28.6 Å². The lowest BCUT2D eigenvalue weighted by Crippen LogP contribution is -2.31. The van der Waals surface area contributed by atoms with Crippen LogP contribution in [-0.2, 0) is 22.1 Å². The molecule has 0 N–H and O–H groups in total. The van der Waals surface area contributed by atoms with E-state index in [0.29, 0.717) is 26.1 Å². The Bertz CT molecular complexity index is 800. The standard InChI is InChI=1S/C13H15F2N3O3S2/c1-23(20)13-16-8-11(22-13)17-10(9(14)15)18(12(8)19)6-7-2-4-21-5-3-7/h7,9H,2-6H2,1H3. The first-order valence-electron chi connectivity index (χ1n) is 7.08. The number of hydrogen-bond acceptors (Lipinski definition) is 6. The van der Waals surface area contributed by atoms with Gasteiger partial charge in [0.25, 0.3) is 12.0 Å². The molecule has 0 saturated carbocycles. The van der Waals surface area contributed by atoms with Crippen molar-refractivity contribution < 1.29 is 17.7 Å². The van der Waals surface area contributed by atoms with Gasteiger partial charge in [0.1, 0.15) is 0 Å². The lowest BCUT2D eigenvalue weighted by atomic mass is 10.0. The molecule has 1 aliphatic heterocycles. The molecular weight excluding hydrogens is 348 g/mol. The number of halogens is 2. The molecule has 3 rings (SSSR count). The van der Waals surface area contributed by atoms with Crippen LogP contribution >= 0.6 is 11.3 Å². The lowest BCUT2D eigenvalue weighted by molar-refractivity contribution is 0.0585. The average Bonchev–Trinajstić information content (AvgIpc) is 2.95. The maximum absolute atomic E-state index is 13.3. The molecule has 6 nitrogen and oxygen atoms in total. The van der Waals surface area contributed by atoms with Crippen LogP contribution in [0.1, 0.15) is 25.1 Å². The minimum atomic E-state index is -2.86. The van der Waals surface area contributed by atoms with Crippen LogP contribution in [0.3, 0.4) is 0 Å². The summed E-state index contributed by atoms with van der Waals surface area (Å²) in [6, 6.07) is 0. The molecule has 1 aliphatic rings. The van der Waals surface area contributed by atoms with Crippen molar-refractivity contribution in [2.24, 2.45) is 5.92 Å². The summed E-state index contributed by atoms with van der Waals surface area (Å²) in [5.74, 6) is -0.456. The van der Waals surface area contributed by atoms with E-state index in [1.807, 2.05) is 0 Å². The van der Waals surface area contributed by atoms with Crippen molar-refractivity contribution in [2.45, 2.75) is 30.2 Å². The molecule has 0 aromatic carbocycles. The van der Waals surface area contributed by atoms with E-state index in [9.17, 15) is 17.8 Å². The molecule has 1 unspecified atom stereocenters. The monoisotopic (exact) mass is 363 g/mol. The molecule has 0 spiro atoms. The van der Waals surface area contributed by atoms with Crippen molar-refractivity contribution >= 4 is 32.5 Å². The first-order valence-corrected chi connectivity index (χ1v) is 9.45. The Morgan fingerprint density at radius 3 is 2.70 bits per heavy atom. The van der Waals surface area contributed by atoms with Crippen molar-refractivity contribution in [3.05, 3.63) is 16.2 Å². The number of alkyl halides is 2. The normalized spacial score (nSPS) is 17.9. The second-order valence-electron chi connectivity index (χ2n) is 5.33. The van der Waals surface area contributed by atoms with Gasteiger partial charge in [-0.15, -0.1) is 0 Å². The molecule has 23 heavy (non-hydrogen) atoms. The molecule has 0 bridgehead atoms. The van der Waals surface area contributed by atoms with Gasteiger partial charge >= 0.3 is 0 Å². The van der Waals surface area contributed by atoms with Gasteiger partial charge in [0.15, 0.2) is 20.5 Å². The highest BCUT2D eigenvalue weighted by Crippen LogP contribution is 2.25. The zero-order valence-corrected chi connectivity index (χ0v) is 14.0. The molecule has 3 heterocycles. The van der Waals surface area contributed by atoms with Crippen LogP contribution in [0, 0.1) is 5.92 Å². The largest absolute Gasteiger partial charge is 0.381 e. The molecule has 2 aromatic heterocycles. The minimum Gasteiger partial charge on any atom is -0.381 e. The third-order valence-electron chi connectivity index (χ3n) is 3.75. The highest BCUT2D eigenvalue weighted by Gasteiger charge is 2.24. The summed E-state index contributed by atoms with van der Waals surface area (Å²) in [4.78, 5) is 20.6. The summed E-state index contributed by atoms with van der Waals surface area (Å²) in [6.07, 6.45) is -0.000499. The first-order chi connectivity index (χ1) is 11.0. The number of hydrogen-bond donors (Lipinski definition) is 0. The van der Waals surface area contributed by atoms with Gasteiger partial charge in [-0.05, 0) is 18.8 Å². The van der Waals surface area contributed by atoms with E-state index in [4.69, 9.17) is 4.74 Å². The Labute approximate surface area is 137 Å². The highest BCUT2D eigenvalue weighted by molar-refractivity contribution is 7.86. The van der Waals surface area contributed by atoms with E-state index in [1.165, 1.54) is 6.26 Å². The summed E-state index contributed by atoms with van der Waals surface area (Å²) in [7, 11) is -1.38. The van der Waals surface area contributed by atoms with Crippen molar-refractivity contribution in [1.29, 1.82) is 0 Å². The van der Waals surface area contributed by atoms with Crippen LogP contribution in [0.5, 0.6) is 0 Å². The maximum atomic E-state index is 13.3. The van der Waals surface area contributed by atoms with Crippen LogP contribution < -0.4 is 5.56 Å². The van der Waals surface area contributed by atoms with Crippen LogP contribution in [0.15, 0.2) is 9.13 Å². The van der Waals surface area contributed by atoms with Gasteiger partial charge < -0.3 is 4.74 Å². The maximum Gasteiger partial charge on any atom is 0.295 e. The van der Waals surface area contributed by atoms with Gasteiger partial charge in [-0.1, -0.05) is 11.3 Å². The number of ether oxygens (including phenoxy) is 1. The summed E-state index contributed by atoms with van der Waals surface area (Å²) in [6.45, 7) is 1.30. The van der Waals surface area contributed by atoms with E-state index in [1.54, 1.807) is 0 Å². The number of fused-ring (bicyclic) bond motifs is 1. The molecule has 0 aliphatic carbocycles. The van der Waals surface area contributed by atoms with Gasteiger partial charge in [-0.25, -0.2) is 18.7 Å². The van der Waals surface area contributed by atoms with Crippen LogP contribution in [0.2, 0.25) is 0 Å². The first kappa shape index (κ1) is 16.6. The zero-order chi connectivity index (χ0) is 16.6. The Kier molecular flexibility index (Phi) is 4.83. The topological polar surface area (TPSA) is 74.1 Å². The average molecular weight is 363 g/mol. The molecule has 1 atom stereocenters. The van der Waals surface area contributed by atoms with Crippen LogP contribution in [0.25, 0.3) is 10.3 Å². The Balaban J connectivity index is 2.09. The molecule has 1 fully saturated rings. The predicted octanol–water partition coefficient (Wildman–Crippen LogP) is 1.95. The fourth-order valence-corrected chi connectivity index (χ4v) is 4.15. The van der Waals surface area contributed by atoms with Gasteiger partial charge in [0.2, 0.25) is 0 Å². The number of aromatic nitrogens is 3. The number of nitrogens with zero attached hydrogens (tertiary/aromatic N) is 3. The van der Waals surface area contributed by atoms with E-state index in [2.05, 4.69) is 9.97 Å². The molecule has 10 heteroatoms. The van der Waals surface area contributed by atoms with Gasteiger partial charge in [-0.3, -0.25) is 13.6 Å².